The van der Waals surface area contributed by atoms with Crippen LogP contribution >= 0.6 is 11.6 Å². The molecule has 9 heteroatoms. The van der Waals surface area contributed by atoms with Gasteiger partial charge in [0.05, 0.1) is 35.1 Å². The second-order valence-corrected chi connectivity index (χ2v) is 7.94. The Hall–Kier alpha value is -2.71. The van der Waals surface area contributed by atoms with Gasteiger partial charge in [-0.1, -0.05) is 11.6 Å². The van der Waals surface area contributed by atoms with Gasteiger partial charge in [-0.2, -0.15) is 0 Å². The summed E-state index contributed by atoms with van der Waals surface area (Å²) in [4.78, 5) is 35.5. The Morgan fingerprint density at radius 1 is 1.31 bits per heavy atom. The van der Waals surface area contributed by atoms with Gasteiger partial charge in [0.25, 0.3) is 11.5 Å². The Labute approximate surface area is 171 Å². The number of benzene rings is 1. The number of aromatic nitrogens is 3. The van der Waals surface area contributed by atoms with Crippen LogP contribution in [0.5, 0.6) is 0 Å². The monoisotopic (exact) mass is 416 g/mol. The molecule has 0 radical (unpaired) electrons. The van der Waals surface area contributed by atoms with Gasteiger partial charge in [-0.3, -0.25) is 14.2 Å². The van der Waals surface area contributed by atoms with E-state index in [1.807, 2.05) is 0 Å². The highest BCUT2D eigenvalue weighted by atomic mass is 35.5. The Kier molecular flexibility index (Phi) is 4.92. The first-order valence-electron chi connectivity index (χ1n) is 9.36. The summed E-state index contributed by atoms with van der Waals surface area (Å²) in [5.74, 6) is 0.456. The molecule has 1 fully saturated rings. The molecule has 2 aromatic heterocycles. The number of aryl methyl sites for hydroxylation is 2. The lowest BCUT2D eigenvalue weighted by Gasteiger charge is -2.38. The smallest absolute Gasteiger partial charge is 0.291 e. The third kappa shape index (κ3) is 3.77. The van der Waals surface area contributed by atoms with Crippen molar-refractivity contribution >= 4 is 28.4 Å². The van der Waals surface area contributed by atoms with Crippen molar-refractivity contribution in [3.8, 4) is 0 Å². The largest absolute Gasteiger partial charge is 0.436 e. The lowest BCUT2D eigenvalue weighted by atomic mass is 9.91. The van der Waals surface area contributed by atoms with Gasteiger partial charge in [-0.05, 0) is 38.0 Å². The van der Waals surface area contributed by atoms with E-state index in [0.717, 1.165) is 0 Å². The highest BCUT2D eigenvalue weighted by molar-refractivity contribution is 6.31. The topological polar surface area (TPSA) is 101 Å². The van der Waals surface area contributed by atoms with Crippen LogP contribution in [0.1, 0.15) is 35.0 Å². The number of fused-ring (bicyclic) bond motifs is 1. The molecular formula is C20H21ClN4O4. The first-order chi connectivity index (χ1) is 13.8. The van der Waals surface area contributed by atoms with Crippen LogP contribution in [0.2, 0.25) is 5.02 Å². The summed E-state index contributed by atoms with van der Waals surface area (Å²) in [5, 5.41) is 12.0. The average Bonchev–Trinajstić information content (AvgIpc) is 3.02. The Morgan fingerprint density at radius 2 is 2.03 bits per heavy atom. The molecule has 29 heavy (non-hydrogen) atoms. The predicted molar refractivity (Wildman–Crippen MR) is 107 cm³/mol. The highest BCUT2D eigenvalue weighted by Gasteiger charge is 2.36. The van der Waals surface area contributed by atoms with E-state index >= 15 is 0 Å². The van der Waals surface area contributed by atoms with E-state index in [9.17, 15) is 14.7 Å². The molecule has 1 amide bonds. The maximum Gasteiger partial charge on any atom is 0.291 e. The number of halogens is 1. The third-order valence-electron chi connectivity index (χ3n) is 5.33. The number of carbonyl (C=O) groups excluding carboxylic acids is 1. The molecule has 4 rings (SSSR count). The molecule has 0 atom stereocenters. The fourth-order valence-electron chi connectivity index (χ4n) is 3.72. The van der Waals surface area contributed by atoms with Crippen LogP contribution in [0.15, 0.2) is 33.7 Å². The van der Waals surface area contributed by atoms with Gasteiger partial charge < -0.3 is 14.4 Å². The number of piperidine rings is 1. The molecule has 0 spiro atoms. The maximum atomic E-state index is 12.7. The summed E-state index contributed by atoms with van der Waals surface area (Å²) < 4.78 is 6.83. The molecule has 0 unspecified atom stereocenters. The first-order valence-corrected chi connectivity index (χ1v) is 9.74. The zero-order valence-corrected chi connectivity index (χ0v) is 16.9. The van der Waals surface area contributed by atoms with E-state index in [2.05, 4.69) is 9.97 Å². The maximum absolute atomic E-state index is 12.7. The van der Waals surface area contributed by atoms with Crippen molar-refractivity contribution < 1.29 is 14.3 Å². The minimum Gasteiger partial charge on any atom is -0.436 e. The lowest BCUT2D eigenvalue weighted by Crippen LogP contribution is -2.49. The van der Waals surface area contributed by atoms with E-state index in [-0.39, 0.29) is 23.8 Å². The minimum atomic E-state index is -1.10. The Balaban J connectivity index is 1.49. The van der Waals surface area contributed by atoms with Gasteiger partial charge >= 0.3 is 0 Å². The fourth-order valence-corrected chi connectivity index (χ4v) is 3.89. The molecule has 1 aliphatic rings. The van der Waals surface area contributed by atoms with Crippen LogP contribution in [0.3, 0.4) is 0 Å². The van der Waals surface area contributed by atoms with E-state index in [4.69, 9.17) is 16.0 Å². The summed E-state index contributed by atoms with van der Waals surface area (Å²) >= 11 is 5.95. The number of aliphatic hydroxyl groups is 1. The Morgan fingerprint density at radius 3 is 2.69 bits per heavy atom. The normalized spacial score (nSPS) is 16.3. The van der Waals surface area contributed by atoms with Gasteiger partial charge in [0.1, 0.15) is 0 Å². The summed E-state index contributed by atoms with van der Waals surface area (Å²) in [7, 11) is 0. The number of carbonyl (C=O) groups is 1. The zero-order valence-electron chi connectivity index (χ0n) is 16.2. The molecule has 0 saturated carbocycles. The van der Waals surface area contributed by atoms with E-state index < -0.39 is 5.60 Å². The number of amides is 1. The predicted octanol–water partition coefficient (Wildman–Crippen LogP) is 2.32. The van der Waals surface area contributed by atoms with Crippen molar-refractivity contribution in [2.75, 3.05) is 13.1 Å². The van der Waals surface area contributed by atoms with Crippen molar-refractivity contribution in [3.05, 3.63) is 57.2 Å². The van der Waals surface area contributed by atoms with Gasteiger partial charge in [-0.15, -0.1) is 0 Å². The number of rotatable bonds is 3. The lowest BCUT2D eigenvalue weighted by molar-refractivity contribution is -0.0304. The molecule has 0 aliphatic carbocycles. The molecule has 152 valence electrons. The van der Waals surface area contributed by atoms with Crippen LogP contribution < -0.4 is 5.56 Å². The van der Waals surface area contributed by atoms with Crippen molar-refractivity contribution in [2.45, 2.75) is 38.8 Å². The van der Waals surface area contributed by atoms with E-state index in [0.29, 0.717) is 53.4 Å². The van der Waals surface area contributed by atoms with Gasteiger partial charge in [0.15, 0.2) is 5.89 Å². The Bertz CT molecular complexity index is 1150. The SMILES string of the molecule is Cc1nc(C)c(C(=O)N2CCC(O)(Cn3cnc4cc(Cl)ccc4c3=O)CC2)o1. The molecule has 0 bridgehead atoms. The molecule has 1 saturated heterocycles. The molecule has 1 aromatic carbocycles. The third-order valence-corrected chi connectivity index (χ3v) is 5.57. The summed E-state index contributed by atoms with van der Waals surface area (Å²) in [6, 6.07) is 4.91. The van der Waals surface area contributed by atoms with Gasteiger partial charge in [0.2, 0.25) is 5.76 Å². The van der Waals surface area contributed by atoms with Crippen molar-refractivity contribution in [1.82, 2.24) is 19.4 Å². The average molecular weight is 417 g/mol. The summed E-state index contributed by atoms with van der Waals surface area (Å²) in [5.41, 5.74) is -0.258. The molecule has 1 aliphatic heterocycles. The second kappa shape index (κ2) is 7.27. The van der Waals surface area contributed by atoms with Gasteiger partial charge in [0, 0.05) is 25.0 Å². The highest BCUT2D eigenvalue weighted by Crippen LogP contribution is 2.26. The van der Waals surface area contributed by atoms with Crippen molar-refractivity contribution in [1.29, 1.82) is 0 Å². The molecule has 1 N–H and O–H groups in total. The summed E-state index contributed by atoms with van der Waals surface area (Å²) in [6.07, 6.45) is 2.11. The number of oxazole rings is 1. The van der Waals surface area contributed by atoms with Crippen LogP contribution in [0.25, 0.3) is 10.9 Å². The quantitative estimate of drug-likeness (QED) is 0.703. The van der Waals surface area contributed by atoms with Crippen LogP contribution in [0, 0.1) is 13.8 Å². The summed E-state index contributed by atoms with van der Waals surface area (Å²) in [6.45, 7) is 4.26. The minimum absolute atomic E-state index is 0.111. The molecule has 3 heterocycles. The second-order valence-electron chi connectivity index (χ2n) is 7.50. The van der Waals surface area contributed by atoms with Crippen molar-refractivity contribution in [3.63, 3.8) is 0 Å². The molecular weight excluding hydrogens is 396 g/mol. The van der Waals surface area contributed by atoms with Crippen molar-refractivity contribution in [2.24, 2.45) is 0 Å². The van der Waals surface area contributed by atoms with Crippen LogP contribution in [-0.4, -0.2) is 49.1 Å². The molecule has 3 aromatic rings. The number of hydrogen-bond acceptors (Lipinski definition) is 6. The standard InChI is InChI=1S/C20H21ClN4O4/c1-12-17(29-13(2)23-12)19(27)24-7-5-20(28,6-8-24)10-25-11-22-16-9-14(21)3-4-15(16)18(25)26/h3-4,9,11,28H,5-8,10H2,1-2H3. The number of hydrogen-bond donors (Lipinski definition) is 1. The molecule has 8 nitrogen and oxygen atoms in total. The number of nitrogens with zero attached hydrogens (tertiary/aromatic N) is 4. The van der Waals surface area contributed by atoms with Crippen LogP contribution in [0.4, 0.5) is 0 Å². The van der Waals surface area contributed by atoms with Gasteiger partial charge in [-0.25, -0.2) is 9.97 Å². The first kappa shape index (κ1) is 19.6. The van der Waals surface area contributed by atoms with Crippen LogP contribution in [-0.2, 0) is 6.54 Å². The van der Waals surface area contributed by atoms with E-state index in [1.165, 1.54) is 10.9 Å². The zero-order chi connectivity index (χ0) is 20.8. The van der Waals surface area contributed by atoms with E-state index in [1.54, 1.807) is 36.9 Å². The fraction of sp³-hybridized carbons (Fsp3) is 0.400. The number of likely N-dealkylation sites (tertiary alicyclic amines) is 1.